The Morgan fingerprint density at radius 1 is 1.21 bits per heavy atom. The second-order valence-electron chi connectivity index (χ2n) is 6.44. The molecule has 1 fully saturated rings. The molecule has 126 valence electrons. The summed E-state index contributed by atoms with van der Waals surface area (Å²) in [5, 5.41) is 1.31. The van der Waals surface area contributed by atoms with Gasteiger partial charge in [0.25, 0.3) is 5.91 Å². The molecule has 0 radical (unpaired) electrons. The molecule has 6 nitrogen and oxygen atoms in total. The summed E-state index contributed by atoms with van der Waals surface area (Å²) >= 11 is 0. The standard InChI is InChI=1S/C17H19N3O3S/c1-19-14-7-8-15(12-5-2-6-13(16(12)14)17(19)21)24(22,23)20-9-3-4-11(18)10-20/h2,5-8,11H,3-4,9-10,18H2,1H3. The van der Waals surface area contributed by atoms with Crippen molar-refractivity contribution in [1.29, 1.82) is 0 Å². The lowest BCUT2D eigenvalue weighted by molar-refractivity contribution is 0.0999. The highest BCUT2D eigenvalue weighted by Gasteiger charge is 2.33. The van der Waals surface area contributed by atoms with Crippen LogP contribution in [-0.4, -0.2) is 44.8 Å². The minimum Gasteiger partial charge on any atom is -0.327 e. The highest BCUT2D eigenvalue weighted by atomic mass is 32.2. The van der Waals surface area contributed by atoms with Crippen molar-refractivity contribution in [2.45, 2.75) is 23.8 Å². The summed E-state index contributed by atoms with van der Waals surface area (Å²) in [7, 11) is -1.94. The molecule has 1 atom stereocenters. The Kier molecular flexibility index (Phi) is 3.42. The maximum absolute atomic E-state index is 13.1. The summed E-state index contributed by atoms with van der Waals surface area (Å²) in [5.74, 6) is -0.106. The van der Waals surface area contributed by atoms with Crippen LogP contribution in [0.5, 0.6) is 0 Å². The summed E-state index contributed by atoms with van der Waals surface area (Å²) in [5.41, 5.74) is 7.25. The number of nitrogens with two attached hydrogens (primary N) is 1. The van der Waals surface area contributed by atoms with Crippen LogP contribution in [0.25, 0.3) is 10.8 Å². The number of carbonyl (C=O) groups excluding carboxylic acids is 1. The van der Waals surface area contributed by atoms with E-state index >= 15 is 0 Å². The normalized spacial score (nSPS) is 21.7. The van der Waals surface area contributed by atoms with Crippen molar-refractivity contribution in [2.24, 2.45) is 5.73 Å². The summed E-state index contributed by atoms with van der Waals surface area (Å²) in [6.45, 7) is 0.821. The molecule has 4 rings (SSSR count). The molecule has 2 aliphatic rings. The molecule has 0 aliphatic carbocycles. The van der Waals surface area contributed by atoms with Gasteiger partial charge in [-0.2, -0.15) is 4.31 Å². The molecule has 1 unspecified atom stereocenters. The van der Waals surface area contributed by atoms with Crippen LogP contribution < -0.4 is 10.6 Å². The number of piperidine rings is 1. The van der Waals surface area contributed by atoms with Crippen molar-refractivity contribution in [3.8, 4) is 0 Å². The fourth-order valence-corrected chi connectivity index (χ4v) is 5.39. The number of hydrogen-bond acceptors (Lipinski definition) is 4. The Morgan fingerprint density at radius 3 is 2.75 bits per heavy atom. The van der Waals surface area contributed by atoms with Crippen molar-refractivity contribution in [2.75, 3.05) is 25.0 Å². The van der Waals surface area contributed by atoms with Crippen LogP contribution in [0.3, 0.4) is 0 Å². The van der Waals surface area contributed by atoms with Gasteiger partial charge in [-0.15, -0.1) is 0 Å². The van der Waals surface area contributed by atoms with Crippen molar-refractivity contribution in [3.05, 3.63) is 35.9 Å². The highest BCUT2D eigenvalue weighted by Crippen LogP contribution is 2.40. The van der Waals surface area contributed by atoms with E-state index in [1.165, 1.54) is 4.31 Å². The van der Waals surface area contributed by atoms with Gasteiger partial charge >= 0.3 is 0 Å². The van der Waals surface area contributed by atoms with Crippen LogP contribution in [0.1, 0.15) is 23.2 Å². The lowest BCUT2D eigenvalue weighted by Gasteiger charge is -2.30. The number of carbonyl (C=O) groups is 1. The average molecular weight is 345 g/mol. The van der Waals surface area contributed by atoms with Crippen LogP contribution in [0.15, 0.2) is 35.2 Å². The van der Waals surface area contributed by atoms with Crippen molar-refractivity contribution in [3.63, 3.8) is 0 Å². The Balaban J connectivity index is 1.92. The van der Waals surface area contributed by atoms with E-state index in [1.807, 2.05) is 0 Å². The number of sulfonamides is 1. The first-order valence-electron chi connectivity index (χ1n) is 8.01. The van der Waals surface area contributed by atoms with Gasteiger partial charge in [-0.1, -0.05) is 12.1 Å². The number of nitrogens with zero attached hydrogens (tertiary/aromatic N) is 2. The van der Waals surface area contributed by atoms with Gasteiger partial charge in [-0.25, -0.2) is 8.42 Å². The minimum atomic E-state index is -3.64. The van der Waals surface area contributed by atoms with E-state index in [2.05, 4.69) is 0 Å². The SMILES string of the molecule is CN1C(=O)c2cccc3c(S(=O)(=O)N4CCCC(N)C4)ccc1c23. The average Bonchev–Trinajstić information content (AvgIpc) is 2.82. The molecule has 2 aromatic carbocycles. The summed E-state index contributed by atoms with van der Waals surface area (Å²) < 4.78 is 27.7. The molecule has 1 amide bonds. The Hall–Kier alpha value is -1.96. The molecule has 0 spiro atoms. The second-order valence-corrected chi connectivity index (χ2v) is 8.35. The van der Waals surface area contributed by atoms with E-state index < -0.39 is 10.0 Å². The van der Waals surface area contributed by atoms with Crippen molar-refractivity contribution in [1.82, 2.24) is 4.31 Å². The molecule has 2 aliphatic heterocycles. The van der Waals surface area contributed by atoms with E-state index in [9.17, 15) is 13.2 Å². The third-order valence-electron chi connectivity index (χ3n) is 4.91. The molecule has 0 aromatic heterocycles. The number of rotatable bonds is 2. The molecule has 0 bridgehead atoms. The molecule has 2 aromatic rings. The molecule has 7 heteroatoms. The van der Waals surface area contributed by atoms with Gasteiger partial charge in [0.2, 0.25) is 10.0 Å². The number of hydrogen-bond donors (Lipinski definition) is 1. The molecule has 2 N–H and O–H groups in total. The lowest BCUT2D eigenvalue weighted by atomic mass is 10.1. The predicted octanol–water partition coefficient (Wildman–Crippen LogP) is 1.54. The number of benzene rings is 2. The van der Waals surface area contributed by atoms with E-state index in [1.54, 1.807) is 42.3 Å². The fraction of sp³-hybridized carbons (Fsp3) is 0.353. The lowest BCUT2D eigenvalue weighted by Crippen LogP contribution is -2.45. The summed E-state index contributed by atoms with van der Waals surface area (Å²) in [6.07, 6.45) is 1.61. The zero-order chi connectivity index (χ0) is 17.1. The third kappa shape index (κ3) is 2.08. The summed E-state index contributed by atoms with van der Waals surface area (Å²) in [6, 6.07) is 8.44. The maximum Gasteiger partial charge on any atom is 0.258 e. The minimum absolute atomic E-state index is 0.106. The fourth-order valence-electron chi connectivity index (χ4n) is 3.67. The Labute approximate surface area is 140 Å². The first kappa shape index (κ1) is 15.6. The Bertz CT molecular complexity index is 955. The molecule has 0 saturated carbocycles. The van der Waals surface area contributed by atoms with Crippen LogP contribution >= 0.6 is 0 Å². The van der Waals surface area contributed by atoms with Gasteiger partial charge in [0.15, 0.2) is 0 Å². The quantitative estimate of drug-likeness (QED) is 0.895. The molecule has 1 saturated heterocycles. The first-order chi connectivity index (χ1) is 11.4. The molecule has 24 heavy (non-hydrogen) atoms. The van der Waals surface area contributed by atoms with Gasteiger partial charge in [0, 0.05) is 42.5 Å². The number of amides is 1. The van der Waals surface area contributed by atoms with Gasteiger partial charge in [0.05, 0.1) is 10.6 Å². The third-order valence-corrected chi connectivity index (χ3v) is 6.84. The van der Waals surface area contributed by atoms with E-state index in [4.69, 9.17) is 5.73 Å². The Morgan fingerprint density at radius 2 is 2.00 bits per heavy atom. The van der Waals surface area contributed by atoms with Gasteiger partial charge in [-0.3, -0.25) is 4.79 Å². The van der Waals surface area contributed by atoms with Crippen LogP contribution in [0.4, 0.5) is 5.69 Å². The van der Waals surface area contributed by atoms with E-state index in [-0.39, 0.29) is 16.8 Å². The smallest absolute Gasteiger partial charge is 0.258 e. The maximum atomic E-state index is 13.1. The second kappa shape index (κ2) is 5.27. The van der Waals surface area contributed by atoms with Crippen LogP contribution in [0.2, 0.25) is 0 Å². The van der Waals surface area contributed by atoms with Gasteiger partial charge < -0.3 is 10.6 Å². The van der Waals surface area contributed by atoms with Crippen molar-refractivity contribution < 1.29 is 13.2 Å². The highest BCUT2D eigenvalue weighted by molar-refractivity contribution is 7.89. The van der Waals surface area contributed by atoms with E-state index in [0.717, 1.165) is 18.5 Å². The van der Waals surface area contributed by atoms with Gasteiger partial charge in [-0.05, 0) is 31.0 Å². The van der Waals surface area contributed by atoms with Crippen LogP contribution in [0, 0.1) is 0 Å². The molecule has 2 heterocycles. The summed E-state index contributed by atoms with van der Waals surface area (Å²) in [4.78, 5) is 14.1. The molecular weight excluding hydrogens is 326 g/mol. The van der Waals surface area contributed by atoms with Crippen molar-refractivity contribution >= 4 is 32.4 Å². The zero-order valence-electron chi connectivity index (χ0n) is 13.4. The van der Waals surface area contributed by atoms with E-state index in [0.29, 0.717) is 29.4 Å². The zero-order valence-corrected chi connectivity index (χ0v) is 14.2. The topological polar surface area (TPSA) is 83.7 Å². The largest absolute Gasteiger partial charge is 0.327 e. The predicted molar refractivity (Wildman–Crippen MR) is 92.6 cm³/mol. The van der Waals surface area contributed by atoms with Gasteiger partial charge in [0.1, 0.15) is 0 Å². The molecular formula is C17H19N3O3S. The first-order valence-corrected chi connectivity index (χ1v) is 9.45. The monoisotopic (exact) mass is 345 g/mol. The van der Waals surface area contributed by atoms with Crippen LogP contribution in [-0.2, 0) is 10.0 Å². The number of anilines is 1.